The Morgan fingerprint density at radius 1 is 1.07 bits per heavy atom. The number of nitrogens with zero attached hydrogens (tertiary/aromatic N) is 7. The van der Waals surface area contributed by atoms with E-state index in [4.69, 9.17) is 28.5 Å². The monoisotopic (exact) mass is 427 g/mol. The summed E-state index contributed by atoms with van der Waals surface area (Å²) in [5.74, 6) is 0.528. The van der Waals surface area contributed by atoms with E-state index in [2.05, 4.69) is 39.3 Å². The minimum absolute atomic E-state index is 0.426. The molecule has 0 unspecified atom stereocenters. The number of hydrogen-bond donors (Lipinski definition) is 1. The van der Waals surface area contributed by atoms with Gasteiger partial charge in [0.25, 0.3) is 0 Å². The first-order valence-corrected chi connectivity index (χ1v) is 9.25. The summed E-state index contributed by atoms with van der Waals surface area (Å²) in [7, 11) is 0. The van der Waals surface area contributed by atoms with Gasteiger partial charge in [-0.15, -0.1) is 17.7 Å². The summed E-state index contributed by atoms with van der Waals surface area (Å²) in [6.07, 6.45) is 1.64. The van der Waals surface area contributed by atoms with E-state index in [1.807, 2.05) is 12.1 Å². The molecule has 0 amide bonds. The molecule has 0 atom stereocenters. The van der Waals surface area contributed by atoms with Crippen LogP contribution < -0.4 is 0 Å². The summed E-state index contributed by atoms with van der Waals surface area (Å²) >= 11 is 16.7. The van der Waals surface area contributed by atoms with Gasteiger partial charge in [0.15, 0.2) is 5.82 Å². The van der Waals surface area contributed by atoms with Crippen molar-refractivity contribution in [1.82, 2.24) is 30.0 Å². The maximum absolute atomic E-state index is 8.92. The number of nitriles is 1. The van der Waals surface area contributed by atoms with E-state index in [1.165, 1.54) is 0 Å². The number of thiol groups is 1. The number of hydrogen-bond acceptors (Lipinski definition) is 6. The van der Waals surface area contributed by atoms with E-state index < -0.39 is 0 Å². The van der Waals surface area contributed by atoms with Crippen molar-refractivity contribution in [2.75, 3.05) is 0 Å². The summed E-state index contributed by atoms with van der Waals surface area (Å²) in [5, 5.41) is 26.7. The average Bonchev–Trinajstić information content (AvgIpc) is 3.31. The van der Waals surface area contributed by atoms with E-state index in [0.29, 0.717) is 38.6 Å². The van der Waals surface area contributed by atoms with Crippen LogP contribution in [0.4, 0.5) is 0 Å². The Bertz CT molecular complexity index is 1190. The van der Waals surface area contributed by atoms with Crippen LogP contribution in [0, 0.1) is 11.3 Å². The van der Waals surface area contributed by atoms with Crippen LogP contribution in [0.2, 0.25) is 10.0 Å². The molecule has 0 saturated carbocycles. The van der Waals surface area contributed by atoms with Crippen LogP contribution in [-0.2, 0) is 6.54 Å². The topological polar surface area (TPSA) is 85.2 Å². The SMILES string of the molecule is N#Cc1ccc(Cn2nnnc2-c2cnn(-c3ccc(Cl)c(Cl)c3)c2S)cc1. The predicted molar refractivity (Wildman–Crippen MR) is 108 cm³/mol. The van der Waals surface area contributed by atoms with Crippen LogP contribution >= 0.6 is 35.8 Å². The van der Waals surface area contributed by atoms with Crippen molar-refractivity contribution < 1.29 is 0 Å². The van der Waals surface area contributed by atoms with Gasteiger partial charge in [-0.1, -0.05) is 35.3 Å². The molecule has 4 rings (SSSR count). The predicted octanol–water partition coefficient (Wildman–Crippen LogP) is 4.04. The zero-order valence-corrected chi connectivity index (χ0v) is 16.6. The van der Waals surface area contributed by atoms with Crippen LogP contribution in [0.15, 0.2) is 53.7 Å². The maximum Gasteiger partial charge on any atom is 0.186 e. The summed E-state index contributed by atoms with van der Waals surface area (Å²) in [6, 6.07) is 14.5. The van der Waals surface area contributed by atoms with Gasteiger partial charge in [0, 0.05) is 0 Å². The van der Waals surface area contributed by atoms with Crippen molar-refractivity contribution in [2.45, 2.75) is 11.6 Å². The minimum atomic E-state index is 0.426. The van der Waals surface area contributed by atoms with E-state index in [9.17, 15) is 0 Å². The fourth-order valence-corrected chi connectivity index (χ4v) is 3.28. The second kappa shape index (κ2) is 7.64. The van der Waals surface area contributed by atoms with Gasteiger partial charge >= 0.3 is 0 Å². The van der Waals surface area contributed by atoms with Gasteiger partial charge in [-0.05, 0) is 46.3 Å². The Kier molecular flexibility index (Phi) is 5.05. The molecule has 2 aromatic heterocycles. The van der Waals surface area contributed by atoms with Gasteiger partial charge in [-0.3, -0.25) is 0 Å². The van der Waals surface area contributed by atoms with Gasteiger partial charge in [0.05, 0.1) is 45.7 Å². The number of halogens is 2. The van der Waals surface area contributed by atoms with Crippen LogP contribution in [0.3, 0.4) is 0 Å². The highest BCUT2D eigenvalue weighted by Gasteiger charge is 2.18. The lowest BCUT2D eigenvalue weighted by Crippen LogP contribution is -2.05. The van der Waals surface area contributed by atoms with E-state index in [1.54, 1.807) is 45.9 Å². The smallest absolute Gasteiger partial charge is 0.186 e. The number of aromatic nitrogens is 6. The Balaban J connectivity index is 1.67. The molecule has 0 radical (unpaired) electrons. The molecule has 0 N–H and O–H groups in total. The van der Waals surface area contributed by atoms with Crippen molar-refractivity contribution in [3.63, 3.8) is 0 Å². The molecule has 0 saturated heterocycles. The van der Waals surface area contributed by atoms with E-state index in [0.717, 1.165) is 11.3 Å². The number of rotatable bonds is 4. The van der Waals surface area contributed by atoms with E-state index >= 15 is 0 Å². The maximum atomic E-state index is 8.92. The van der Waals surface area contributed by atoms with Crippen molar-refractivity contribution in [2.24, 2.45) is 0 Å². The molecule has 28 heavy (non-hydrogen) atoms. The first kappa shape index (κ1) is 18.5. The molecule has 138 valence electrons. The normalized spacial score (nSPS) is 10.8. The lowest BCUT2D eigenvalue weighted by atomic mass is 10.1. The highest BCUT2D eigenvalue weighted by Crippen LogP contribution is 2.29. The lowest BCUT2D eigenvalue weighted by Gasteiger charge is -2.07. The van der Waals surface area contributed by atoms with Crippen molar-refractivity contribution in [3.05, 3.63) is 69.8 Å². The second-order valence-corrected chi connectivity index (χ2v) is 7.10. The van der Waals surface area contributed by atoms with Crippen molar-refractivity contribution in [3.8, 4) is 23.1 Å². The van der Waals surface area contributed by atoms with Gasteiger partial charge in [-0.2, -0.15) is 10.4 Å². The third kappa shape index (κ3) is 3.47. The molecular weight excluding hydrogens is 417 g/mol. The fraction of sp³-hybridized carbons (Fsp3) is 0.0556. The second-order valence-electron chi connectivity index (χ2n) is 5.86. The molecule has 10 heteroatoms. The molecule has 0 aliphatic heterocycles. The van der Waals surface area contributed by atoms with Gasteiger partial charge in [0.2, 0.25) is 0 Å². The quantitative estimate of drug-likeness (QED) is 0.496. The zero-order chi connectivity index (χ0) is 19.7. The van der Waals surface area contributed by atoms with Crippen LogP contribution in [0.25, 0.3) is 17.1 Å². The van der Waals surface area contributed by atoms with Gasteiger partial charge in [0.1, 0.15) is 5.03 Å². The molecule has 2 heterocycles. The third-order valence-corrected chi connectivity index (χ3v) is 5.25. The number of benzene rings is 2. The van der Waals surface area contributed by atoms with Crippen molar-refractivity contribution in [1.29, 1.82) is 5.26 Å². The highest BCUT2D eigenvalue weighted by atomic mass is 35.5. The molecular formula is C18H11Cl2N7S. The molecule has 2 aromatic carbocycles. The standard InChI is InChI=1S/C18H11Cl2N7S/c19-15-6-5-13(7-16(15)20)27-18(28)14(9-22-27)17-23-24-25-26(17)10-12-3-1-11(8-21)2-4-12/h1-7,9,28H,10H2. The van der Waals surface area contributed by atoms with Crippen LogP contribution in [0.5, 0.6) is 0 Å². The van der Waals surface area contributed by atoms with Gasteiger partial charge < -0.3 is 0 Å². The minimum Gasteiger partial charge on any atom is -0.227 e. The molecule has 7 nitrogen and oxygen atoms in total. The van der Waals surface area contributed by atoms with Crippen LogP contribution in [-0.4, -0.2) is 30.0 Å². The molecule has 4 aromatic rings. The van der Waals surface area contributed by atoms with Gasteiger partial charge in [-0.25, -0.2) is 9.36 Å². The van der Waals surface area contributed by atoms with E-state index in [-0.39, 0.29) is 0 Å². The molecule has 0 bridgehead atoms. The fourth-order valence-electron chi connectivity index (χ4n) is 2.67. The molecule has 0 aliphatic carbocycles. The summed E-state index contributed by atoms with van der Waals surface area (Å²) < 4.78 is 3.28. The summed E-state index contributed by atoms with van der Waals surface area (Å²) in [6.45, 7) is 0.444. The molecule has 0 spiro atoms. The molecule has 0 aliphatic rings. The first-order chi connectivity index (χ1) is 13.6. The summed E-state index contributed by atoms with van der Waals surface area (Å²) in [5.41, 5.74) is 2.95. The Labute approximate surface area is 175 Å². The lowest BCUT2D eigenvalue weighted by molar-refractivity contribution is 0.652. The average molecular weight is 428 g/mol. The van der Waals surface area contributed by atoms with Crippen LogP contribution in [0.1, 0.15) is 11.1 Å². The zero-order valence-electron chi connectivity index (χ0n) is 14.2. The Hall–Kier alpha value is -2.86. The summed E-state index contributed by atoms with van der Waals surface area (Å²) in [4.78, 5) is 0. The van der Waals surface area contributed by atoms with Crippen molar-refractivity contribution >= 4 is 35.8 Å². The third-order valence-electron chi connectivity index (χ3n) is 4.08. The number of tetrazole rings is 1. The first-order valence-electron chi connectivity index (χ1n) is 8.05. The Morgan fingerprint density at radius 2 is 1.86 bits per heavy atom. The molecule has 0 fully saturated rings. The highest BCUT2D eigenvalue weighted by molar-refractivity contribution is 7.80. The largest absolute Gasteiger partial charge is 0.227 e. The Morgan fingerprint density at radius 3 is 2.57 bits per heavy atom.